The molecule has 0 unspecified atom stereocenters. The molecular formula is C9H12ClNO2S. The van der Waals surface area contributed by atoms with Gasteiger partial charge < -0.3 is 5.73 Å². The highest BCUT2D eigenvalue weighted by Crippen LogP contribution is 2.26. The molecule has 0 spiro atoms. The summed E-state index contributed by atoms with van der Waals surface area (Å²) in [4.78, 5) is 0.106. The number of rotatable bonds is 2. The van der Waals surface area contributed by atoms with Gasteiger partial charge in [0.05, 0.1) is 15.2 Å². The largest absolute Gasteiger partial charge is 0.399 e. The van der Waals surface area contributed by atoms with E-state index in [1.54, 1.807) is 19.9 Å². The highest BCUT2D eigenvalue weighted by molar-refractivity contribution is 7.92. The topological polar surface area (TPSA) is 60.2 Å². The van der Waals surface area contributed by atoms with Crippen molar-refractivity contribution in [1.29, 1.82) is 0 Å². The average Bonchev–Trinajstić information content (AvgIpc) is 2.08. The zero-order chi connectivity index (χ0) is 10.9. The molecule has 0 aromatic heterocycles. The fourth-order valence-corrected chi connectivity index (χ4v) is 2.58. The number of nitrogens with two attached hydrogens (primary N) is 1. The molecule has 0 radical (unpaired) electrons. The molecule has 78 valence electrons. The third-order valence-electron chi connectivity index (χ3n) is 1.88. The van der Waals surface area contributed by atoms with Crippen molar-refractivity contribution in [2.75, 3.05) is 5.73 Å². The van der Waals surface area contributed by atoms with Crippen molar-refractivity contribution in [3.63, 3.8) is 0 Å². The fourth-order valence-electron chi connectivity index (χ4n) is 0.992. The van der Waals surface area contributed by atoms with Crippen LogP contribution in [0.4, 0.5) is 5.69 Å². The molecule has 0 fully saturated rings. The van der Waals surface area contributed by atoms with Crippen LogP contribution in [0.25, 0.3) is 0 Å². The Labute approximate surface area is 88.8 Å². The summed E-state index contributed by atoms with van der Waals surface area (Å²) in [5.74, 6) is 0. The van der Waals surface area contributed by atoms with Crippen LogP contribution in [0.3, 0.4) is 0 Å². The van der Waals surface area contributed by atoms with Gasteiger partial charge in [-0.25, -0.2) is 8.42 Å². The summed E-state index contributed by atoms with van der Waals surface area (Å²) in [6, 6.07) is 4.45. The SMILES string of the molecule is CC(C)S(=O)(=O)c1cc(N)ccc1Cl. The summed E-state index contributed by atoms with van der Waals surface area (Å²) >= 11 is 5.79. The molecule has 2 N–H and O–H groups in total. The maximum absolute atomic E-state index is 11.8. The first-order valence-electron chi connectivity index (χ1n) is 4.14. The van der Waals surface area contributed by atoms with E-state index in [-0.39, 0.29) is 9.92 Å². The van der Waals surface area contributed by atoms with Crippen molar-refractivity contribution in [1.82, 2.24) is 0 Å². The summed E-state index contributed by atoms with van der Waals surface area (Å²) in [6.07, 6.45) is 0. The fraction of sp³-hybridized carbons (Fsp3) is 0.333. The van der Waals surface area contributed by atoms with Crippen molar-refractivity contribution < 1.29 is 8.42 Å². The first-order chi connectivity index (χ1) is 6.35. The predicted octanol–water partition coefficient (Wildman–Crippen LogP) is 2.10. The maximum Gasteiger partial charge on any atom is 0.182 e. The summed E-state index contributed by atoms with van der Waals surface area (Å²) in [6.45, 7) is 3.21. The second-order valence-electron chi connectivity index (χ2n) is 3.28. The average molecular weight is 234 g/mol. The number of sulfone groups is 1. The summed E-state index contributed by atoms with van der Waals surface area (Å²) in [5.41, 5.74) is 5.90. The van der Waals surface area contributed by atoms with E-state index in [0.29, 0.717) is 5.69 Å². The minimum atomic E-state index is -3.34. The Morgan fingerprint density at radius 3 is 2.43 bits per heavy atom. The first kappa shape index (κ1) is 11.3. The Balaban J connectivity index is 3.40. The van der Waals surface area contributed by atoms with E-state index in [1.807, 2.05) is 0 Å². The van der Waals surface area contributed by atoms with Crippen LogP contribution in [0.1, 0.15) is 13.8 Å². The molecule has 1 aromatic rings. The van der Waals surface area contributed by atoms with Crippen molar-refractivity contribution in [2.24, 2.45) is 0 Å². The van der Waals surface area contributed by atoms with Crippen LogP contribution in [0.15, 0.2) is 23.1 Å². The van der Waals surface area contributed by atoms with Gasteiger partial charge in [-0.3, -0.25) is 0 Å². The van der Waals surface area contributed by atoms with Crippen molar-refractivity contribution >= 4 is 27.1 Å². The molecule has 3 nitrogen and oxygen atoms in total. The van der Waals surface area contributed by atoms with Crippen LogP contribution >= 0.6 is 11.6 Å². The van der Waals surface area contributed by atoms with Crippen LogP contribution in [0.2, 0.25) is 5.02 Å². The lowest BCUT2D eigenvalue weighted by Gasteiger charge is -2.09. The van der Waals surface area contributed by atoms with Crippen LogP contribution in [-0.4, -0.2) is 13.7 Å². The monoisotopic (exact) mass is 233 g/mol. The summed E-state index contributed by atoms with van der Waals surface area (Å²) < 4.78 is 23.5. The molecule has 1 rings (SSSR count). The summed E-state index contributed by atoms with van der Waals surface area (Å²) in [5, 5.41) is -0.283. The van der Waals surface area contributed by atoms with Crippen molar-refractivity contribution in [2.45, 2.75) is 24.0 Å². The Bertz CT molecular complexity index is 440. The molecule has 0 saturated heterocycles. The predicted molar refractivity (Wildman–Crippen MR) is 58.2 cm³/mol. The van der Waals surface area contributed by atoms with E-state index >= 15 is 0 Å². The molecule has 0 aliphatic rings. The molecule has 14 heavy (non-hydrogen) atoms. The van der Waals surface area contributed by atoms with Gasteiger partial charge in [-0.1, -0.05) is 11.6 Å². The number of anilines is 1. The van der Waals surface area contributed by atoms with Crippen LogP contribution in [0, 0.1) is 0 Å². The second kappa shape index (κ2) is 3.79. The lowest BCUT2D eigenvalue weighted by atomic mass is 10.3. The van der Waals surface area contributed by atoms with Gasteiger partial charge in [-0.2, -0.15) is 0 Å². The third-order valence-corrected chi connectivity index (χ3v) is 4.52. The molecule has 0 amide bonds. The zero-order valence-corrected chi connectivity index (χ0v) is 9.56. The molecule has 0 aliphatic carbocycles. The molecule has 0 atom stereocenters. The van der Waals surface area contributed by atoms with E-state index in [2.05, 4.69) is 0 Å². The van der Waals surface area contributed by atoms with Crippen molar-refractivity contribution in [3.8, 4) is 0 Å². The van der Waals surface area contributed by atoms with Crippen LogP contribution < -0.4 is 5.73 Å². The zero-order valence-electron chi connectivity index (χ0n) is 7.99. The van der Waals surface area contributed by atoms with Crippen LogP contribution in [0.5, 0.6) is 0 Å². The van der Waals surface area contributed by atoms with E-state index in [4.69, 9.17) is 17.3 Å². The molecule has 0 aliphatic heterocycles. The number of hydrogen-bond acceptors (Lipinski definition) is 3. The third kappa shape index (κ3) is 2.01. The minimum absolute atomic E-state index is 0.106. The maximum atomic E-state index is 11.8. The quantitative estimate of drug-likeness (QED) is 0.796. The van der Waals surface area contributed by atoms with E-state index in [1.165, 1.54) is 12.1 Å². The first-order valence-corrected chi connectivity index (χ1v) is 6.07. The Morgan fingerprint density at radius 1 is 1.36 bits per heavy atom. The smallest absolute Gasteiger partial charge is 0.182 e. The molecular weight excluding hydrogens is 222 g/mol. The Kier molecular flexibility index (Phi) is 3.07. The highest BCUT2D eigenvalue weighted by atomic mass is 35.5. The van der Waals surface area contributed by atoms with Gasteiger partial charge in [-0.15, -0.1) is 0 Å². The minimum Gasteiger partial charge on any atom is -0.399 e. The van der Waals surface area contributed by atoms with E-state index in [0.717, 1.165) is 0 Å². The van der Waals surface area contributed by atoms with Gasteiger partial charge >= 0.3 is 0 Å². The second-order valence-corrected chi connectivity index (χ2v) is 6.16. The number of nitrogen functional groups attached to an aromatic ring is 1. The highest BCUT2D eigenvalue weighted by Gasteiger charge is 2.22. The molecule has 0 heterocycles. The van der Waals surface area contributed by atoms with Gasteiger partial charge in [0.1, 0.15) is 0 Å². The summed E-state index contributed by atoms with van der Waals surface area (Å²) in [7, 11) is -3.34. The normalized spacial score (nSPS) is 12.0. The van der Waals surface area contributed by atoms with Gasteiger partial charge in [0, 0.05) is 5.69 Å². The number of halogens is 1. The van der Waals surface area contributed by atoms with Gasteiger partial charge in [0.15, 0.2) is 9.84 Å². The standard InChI is InChI=1S/C9H12ClNO2S/c1-6(2)14(12,13)9-5-7(11)3-4-8(9)10/h3-6H,11H2,1-2H3. The lowest BCUT2D eigenvalue weighted by molar-refractivity contribution is 0.587. The Hall–Kier alpha value is -0.740. The Morgan fingerprint density at radius 2 is 1.93 bits per heavy atom. The van der Waals surface area contributed by atoms with Crippen LogP contribution in [-0.2, 0) is 9.84 Å². The number of hydrogen-bond donors (Lipinski definition) is 1. The van der Waals surface area contributed by atoms with Gasteiger partial charge in [0.25, 0.3) is 0 Å². The van der Waals surface area contributed by atoms with Gasteiger partial charge in [0.2, 0.25) is 0 Å². The molecule has 5 heteroatoms. The molecule has 0 bridgehead atoms. The molecule has 0 saturated carbocycles. The van der Waals surface area contributed by atoms with E-state index < -0.39 is 15.1 Å². The molecule has 1 aromatic carbocycles. The van der Waals surface area contributed by atoms with E-state index in [9.17, 15) is 8.42 Å². The van der Waals surface area contributed by atoms with Crippen molar-refractivity contribution in [3.05, 3.63) is 23.2 Å². The number of benzene rings is 1. The lowest BCUT2D eigenvalue weighted by Crippen LogP contribution is -2.14. The van der Waals surface area contributed by atoms with Gasteiger partial charge in [-0.05, 0) is 32.0 Å².